The number of rotatable bonds is 4. The van der Waals surface area contributed by atoms with E-state index >= 15 is 0 Å². The third-order valence-corrected chi connectivity index (χ3v) is 3.63. The van der Waals surface area contributed by atoms with Crippen molar-refractivity contribution in [2.24, 2.45) is 0 Å². The lowest BCUT2D eigenvalue weighted by Gasteiger charge is -2.10. The molecule has 104 valence electrons. The van der Waals surface area contributed by atoms with Gasteiger partial charge in [0.05, 0.1) is 5.02 Å². The number of hydrogen-bond donors (Lipinski definition) is 0. The lowest BCUT2D eigenvalue weighted by atomic mass is 10.1. The van der Waals surface area contributed by atoms with Crippen LogP contribution >= 0.6 is 34.8 Å². The quantitative estimate of drug-likeness (QED) is 0.699. The van der Waals surface area contributed by atoms with Gasteiger partial charge in [-0.1, -0.05) is 34.8 Å². The Morgan fingerprint density at radius 3 is 2.45 bits per heavy atom. The number of ketones is 1. The van der Waals surface area contributed by atoms with Gasteiger partial charge in [-0.05, 0) is 43.3 Å². The molecule has 2 rings (SSSR count). The van der Waals surface area contributed by atoms with E-state index in [2.05, 4.69) is 0 Å². The van der Waals surface area contributed by atoms with Crippen LogP contribution in [0.15, 0.2) is 36.4 Å². The topological polar surface area (TPSA) is 26.3 Å². The molecule has 0 aliphatic rings. The number of carbonyl (C=O) groups excluding carboxylic acids is 1. The molecule has 0 unspecified atom stereocenters. The third kappa shape index (κ3) is 3.66. The van der Waals surface area contributed by atoms with Gasteiger partial charge < -0.3 is 4.74 Å². The van der Waals surface area contributed by atoms with E-state index in [4.69, 9.17) is 39.5 Å². The molecule has 0 atom stereocenters. The Morgan fingerprint density at radius 2 is 1.80 bits per heavy atom. The smallest absolute Gasteiger partial charge is 0.159 e. The van der Waals surface area contributed by atoms with Crippen LogP contribution in [-0.2, 0) is 6.61 Å². The van der Waals surface area contributed by atoms with Crippen LogP contribution in [0.25, 0.3) is 0 Å². The average Bonchev–Trinajstić information content (AvgIpc) is 2.40. The monoisotopic (exact) mass is 328 g/mol. The normalized spacial score (nSPS) is 10.4. The summed E-state index contributed by atoms with van der Waals surface area (Å²) in [5.74, 6) is 0.448. The molecule has 20 heavy (non-hydrogen) atoms. The van der Waals surface area contributed by atoms with Crippen LogP contribution in [-0.4, -0.2) is 5.78 Å². The van der Waals surface area contributed by atoms with E-state index in [9.17, 15) is 4.79 Å². The van der Waals surface area contributed by atoms with Crippen molar-refractivity contribution in [3.8, 4) is 5.75 Å². The van der Waals surface area contributed by atoms with Gasteiger partial charge in [0, 0.05) is 21.2 Å². The van der Waals surface area contributed by atoms with E-state index in [0.29, 0.717) is 26.4 Å². The molecule has 2 aromatic carbocycles. The summed E-state index contributed by atoms with van der Waals surface area (Å²) in [5.41, 5.74) is 1.31. The first-order valence-corrected chi connectivity index (χ1v) is 6.98. The van der Waals surface area contributed by atoms with E-state index in [1.165, 1.54) is 6.92 Å². The Hall–Kier alpha value is -1.22. The number of halogens is 3. The maximum absolute atomic E-state index is 11.2. The van der Waals surface area contributed by atoms with Crippen LogP contribution < -0.4 is 4.74 Å². The van der Waals surface area contributed by atoms with Crippen molar-refractivity contribution in [2.45, 2.75) is 13.5 Å². The van der Waals surface area contributed by atoms with Gasteiger partial charge in [0.1, 0.15) is 12.4 Å². The molecule has 0 aliphatic heterocycles. The van der Waals surface area contributed by atoms with E-state index in [0.717, 1.165) is 5.56 Å². The van der Waals surface area contributed by atoms with Crippen molar-refractivity contribution in [3.05, 3.63) is 62.6 Å². The zero-order valence-corrected chi connectivity index (χ0v) is 12.9. The molecule has 0 spiro atoms. The second kappa shape index (κ2) is 6.49. The average molecular weight is 330 g/mol. The van der Waals surface area contributed by atoms with E-state index in [1.807, 2.05) is 0 Å². The maximum Gasteiger partial charge on any atom is 0.159 e. The fraction of sp³-hybridized carbons (Fsp3) is 0.133. The molecule has 0 bridgehead atoms. The van der Waals surface area contributed by atoms with Gasteiger partial charge in [0.2, 0.25) is 0 Å². The molecule has 2 nitrogen and oxygen atoms in total. The summed E-state index contributed by atoms with van der Waals surface area (Å²) < 4.78 is 5.61. The van der Waals surface area contributed by atoms with Gasteiger partial charge in [-0.3, -0.25) is 4.79 Å². The molecule has 0 amide bonds. The number of hydrogen-bond acceptors (Lipinski definition) is 2. The zero-order valence-electron chi connectivity index (χ0n) is 10.6. The first-order valence-electron chi connectivity index (χ1n) is 5.84. The Labute approximate surface area is 132 Å². The third-order valence-electron chi connectivity index (χ3n) is 2.73. The minimum Gasteiger partial charge on any atom is -0.487 e. The van der Waals surface area contributed by atoms with E-state index in [1.54, 1.807) is 36.4 Å². The lowest BCUT2D eigenvalue weighted by Crippen LogP contribution is -1.98. The molecule has 0 heterocycles. The summed E-state index contributed by atoms with van der Waals surface area (Å²) in [6.45, 7) is 1.73. The van der Waals surface area contributed by atoms with Crippen LogP contribution in [0.1, 0.15) is 22.8 Å². The van der Waals surface area contributed by atoms with Crippen molar-refractivity contribution in [3.63, 3.8) is 0 Å². The Bertz CT molecular complexity index is 654. The highest BCUT2D eigenvalue weighted by atomic mass is 35.5. The summed E-state index contributed by atoms with van der Waals surface area (Å²) in [6, 6.07) is 10.1. The Balaban J connectivity index is 2.15. The molecule has 0 aromatic heterocycles. The van der Waals surface area contributed by atoms with Crippen molar-refractivity contribution in [1.29, 1.82) is 0 Å². The van der Waals surface area contributed by atoms with Crippen molar-refractivity contribution in [1.82, 2.24) is 0 Å². The number of Topliss-reactive ketones (excluding diaryl/α,β-unsaturated/α-hetero) is 1. The molecule has 0 fully saturated rings. The largest absolute Gasteiger partial charge is 0.487 e. The van der Waals surface area contributed by atoms with Crippen LogP contribution in [0, 0.1) is 0 Å². The van der Waals surface area contributed by atoms with Crippen molar-refractivity contribution < 1.29 is 9.53 Å². The summed E-state index contributed by atoms with van der Waals surface area (Å²) in [6.07, 6.45) is 0. The van der Waals surface area contributed by atoms with Crippen LogP contribution in [0.3, 0.4) is 0 Å². The standard InChI is InChI=1S/C15H11Cl3O2/c1-9(19)10-2-5-15(14(18)7-10)20-8-11-6-12(16)3-4-13(11)17/h2-7H,8H2,1H3. The van der Waals surface area contributed by atoms with Crippen molar-refractivity contribution in [2.75, 3.05) is 0 Å². The number of ether oxygens (including phenoxy) is 1. The molecule has 5 heteroatoms. The van der Waals surface area contributed by atoms with Crippen molar-refractivity contribution >= 4 is 40.6 Å². The predicted octanol–water partition coefficient (Wildman–Crippen LogP) is 5.43. The number of benzene rings is 2. The fourth-order valence-electron chi connectivity index (χ4n) is 1.65. The second-order valence-corrected chi connectivity index (χ2v) is 5.48. The summed E-state index contributed by atoms with van der Waals surface area (Å²) in [7, 11) is 0. The van der Waals surface area contributed by atoms with E-state index < -0.39 is 0 Å². The highest BCUT2D eigenvalue weighted by Gasteiger charge is 2.08. The first kappa shape index (κ1) is 15.2. The minimum absolute atomic E-state index is 0.0451. The SMILES string of the molecule is CC(=O)c1ccc(OCc2cc(Cl)ccc2Cl)c(Cl)c1. The first-order chi connectivity index (χ1) is 9.47. The minimum atomic E-state index is -0.0451. The summed E-state index contributed by atoms with van der Waals surface area (Å²) in [5, 5.41) is 1.55. The van der Waals surface area contributed by atoms with Gasteiger partial charge >= 0.3 is 0 Å². The summed E-state index contributed by atoms with van der Waals surface area (Å²) in [4.78, 5) is 11.2. The summed E-state index contributed by atoms with van der Waals surface area (Å²) >= 11 is 18.0. The van der Waals surface area contributed by atoms with Crippen LogP contribution in [0.4, 0.5) is 0 Å². The Morgan fingerprint density at radius 1 is 1.05 bits per heavy atom. The fourth-order valence-corrected chi connectivity index (χ4v) is 2.25. The number of carbonyl (C=O) groups is 1. The molecule has 0 saturated heterocycles. The molecule has 0 aliphatic carbocycles. The van der Waals surface area contributed by atoms with Gasteiger partial charge in [-0.15, -0.1) is 0 Å². The highest BCUT2D eigenvalue weighted by molar-refractivity contribution is 6.33. The zero-order chi connectivity index (χ0) is 14.7. The highest BCUT2D eigenvalue weighted by Crippen LogP contribution is 2.28. The molecule has 0 saturated carbocycles. The van der Waals surface area contributed by atoms with E-state index in [-0.39, 0.29) is 12.4 Å². The molecular weight excluding hydrogens is 319 g/mol. The second-order valence-electron chi connectivity index (χ2n) is 4.23. The van der Waals surface area contributed by atoms with Gasteiger partial charge in [0.15, 0.2) is 5.78 Å². The predicted molar refractivity (Wildman–Crippen MR) is 82.3 cm³/mol. The van der Waals surface area contributed by atoms with Gasteiger partial charge in [-0.2, -0.15) is 0 Å². The Kier molecular flexibility index (Phi) is 4.92. The molecule has 2 aromatic rings. The molecule has 0 N–H and O–H groups in total. The molecule has 0 radical (unpaired) electrons. The van der Waals surface area contributed by atoms with Crippen LogP contribution in [0.5, 0.6) is 5.75 Å². The van der Waals surface area contributed by atoms with Crippen LogP contribution in [0.2, 0.25) is 15.1 Å². The lowest BCUT2D eigenvalue weighted by molar-refractivity contribution is 0.101. The van der Waals surface area contributed by atoms with Gasteiger partial charge in [-0.25, -0.2) is 0 Å². The molecular formula is C15H11Cl3O2. The maximum atomic E-state index is 11.2. The van der Waals surface area contributed by atoms with Gasteiger partial charge in [0.25, 0.3) is 0 Å².